The molecule has 1 amide bonds. The second kappa shape index (κ2) is 17.7. The number of aliphatic carboxylic acids is 1. The van der Waals surface area contributed by atoms with E-state index in [1.165, 1.54) is 75.5 Å². The van der Waals surface area contributed by atoms with Gasteiger partial charge in [0.15, 0.2) is 0 Å². The summed E-state index contributed by atoms with van der Waals surface area (Å²) in [5, 5.41) is 11.0. The minimum atomic E-state index is -1.10. The number of amides is 1. The van der Waals surface area contributed by atoms with Crippen LogP contribution in [-0.2, 0) is 9.59 Å². The third kappa shape index (κ3) is 12.1. The first-order valence-electron chi connectivity index (χ1n) is 10.7. The molecule has 0 aromatic rings. The Morgan fingerprint density at radius 2 is 1.31 bits per heavy atom. The molecular formula is C21H38KNO3. The fourth-order valence-electron chi connectivity index (χ4n) is 3.75. The van der Waals surface area contributed by atoms with Crippen molar-refractivity contribution < 1.29 is 66.1 Å². The molecule has 0 bridgehead atoms. The van der Waals surface area contributed by atoms with E-state index in [9.17, 15) is 14.7 Å². The molecular weight excluding hydrogens is 353 g/mol. The summed E-state index contributed by atoms with van der Waals surface area (Å²) in [6.45, 7) is 2.84. The summed E-state index contributed by atoms with van der Waals surface area (Å²) in [4.78, 5) is 24.6. The topological polar surface area (TPSA) is 60.4 Å². The van der Waals surface area contributed by atoms with Gasteiger partial charge in [-0.25, -0.2) is 0 Å². The Balaban J connectivity index is 0.00000625. The zero-order valence-electron chi connectivity index (χ0n) is 17.3. The Bertz CT molecular complexity index is 376. The molecule has 0 N–H and O–H groups in total. The van der Waals surface area contributed by atoms with E-state index in [2.05, 4.69) is 6.92 Å². The summed E-state index contributed by atoms with van der Waals surface area (Å²) >= 11 is 0. The summed E-state index contributed by atoms with van der Waals surface area (Å²) in [7, 11) is 0. The summed E-state index contributed by atoms with van der Waals surface area (Å²) < 4.78 is 0. The molecule has 5 heteroatoms. The van der Waals surface area contributed by atoms with Gasteiger partial charge in [0.1, 0.15) is 0 Å². The second-order valence-corrected chi connectivity index (χ2v) is 7.56. The van der Waals surface area contributed by atoms with Crippen molar-refractivity contribution in [2.45, 2.75) is 116 Å². The van der Waals surface area contributed by atoms with E-state index < -0.39 is 12.0 Å². The molecule has 1 aliphatic heterocycles. The Hall–Kier alpha value is 0.576. The zero-order valence-corrected chi connectivity index (χ0v) is 20.4. The number of carbonyl (C=O) groups excluding carboxylic acids is 2. The van der Waals surface area contributed by atoms with E-state index in [1.54, 1.807) is 0 Å². The van der Waals surface area contributed by atoms with Crippen molar-refractivity contribution in [3.63, 3.8) is 0 Å². The van der Waals surface area contributed by atoms with Crippen LogP contribution in [0.5, 0.6) is 0 Å². The third-order valence-corrected chi connectivity index (χ3v) is 5.34. The van der Waals surface area contributed by atoms with Crippen LogP contribution >= 0.6 is 0 Å². The Morgan fingerprint density at radius 1 is 0.846 bits per heavy atom. The number of hydrogen-bond donors (Lipinski definition) is 0. The molecule has 0 aromatic heterocycles. The average Bonchev–Trinajstić information content (AvgIpc) is 3.09. The molecule has 0 spiro atoms. The van der Waals surface area contributed by atoms with Crippen LogP contribution in [0, 0.1) is 0 Å². The monoisotopic (exact) mass is 391 g/mol. The van der Waals surface area contributed by atoms with Crippen molar-refractivity contribution in [1.29, 1.82) is 0 Å². The molecule has 1 saturated heterocycles. The fraction of sp³-hybridized carbons (Fsp3) is 0.905. The Kier molecular flexibility index (Phi) is 18.1. The largest absolute Gasteiger partial charge is 1.00 e. The molecule has 1 aliphatic rings. The van der Waals surface area contributed by atoms with Gasteiger partial charge in [0.05, 0.1) is 12.0 Å². The van der Waals surface area contributed by atoms with Crippen molar-refractivity contribution in [3.05, 3.63) is 0 Å². The van der Waals surface area contributed by atoms with Crippen molar-refractivity contribution in [2.75, 3.05) is 6.54 Å². The van der Waals surface area contributed by atoms with E-state index >= 15 is 0 Å². The molecule has 26 heavy (non-hydrogen) atoms. The van der Waals surface area contributed by atoms with Crippen molar-refractivity contribution in [3.8, 4) is 0 Å². The van der Waals surface area contributed by atoms with Crippen molar-refractivity contribution in [2.24, 2.45) is 0 Å². The quantitative estimate of drug-likeness (QED) is 0.311. The number of nitrogens with zero attached hydrogens (tertiary/aromatic N) is 1. The zero-order chi connectivity index (χ0) is 18.3. The van der Waals surface area contributed by atoms with E-state index in [0.717, 1.165) is 19.3 Å². The van der Waals surface area contributed by atoms with E-state index in [1.807, 2.05) is 0 Å². The van der Waals surface area contributed by atoms with Crippen LogP contribution in [0.2, 0.25) is 0 Å². The van der Waals surface area contributed by atoms with Gasteiger partial charge >= 0.3 is 51.4 Å². The van der Waals surface area contributed by atoms with Gasteiger partial charge in [-0.05, 0) is 19.3 Å². The van der Waals surface area contributed by atoms with Crippen LogP contribution < -0.4 is 56.5 Å². The van der Waals surface area contributed by atoms with Crippen LogP contribution in [0.4, 0.5) is 0 Å². The number of likely N-dealkylation sites (tertiary alicyclic amines) is 1. The predicted octanol–water partition coefficient (Wildman–Crippen LogP) is 1.21. The SMILES string of the molecule is CCCCCCCCCCCCCCCC(=O)N1CCC[C@H]1C(=O)[O-].[K+]. The van der Waals surface area contributed by atoms with E-state index in [-0.39, 0.29) is 57.3 Å². The number of carboxylic acid groups (broad SMARTS) is 1. The fourth-order valence-corrected chi connectivity index (χ4v) is 3.75. The molecule has 1 atom stereocenters. The summed E-state index contributed by atoms with van der Waals surface area (Å²) in [5.41, 5.74) is 0. The van der Waals surface area contributed by atoms with Gasteiger partial charge in [-0.3, -0.25) is 4.79 Å². The minimum absolute atomic E-state index is 0. The van der Waals surface area contributed by atoms with Crippen molar-refractivity contribution in [1.82, 2.24) is 4.90 Å². The maximum atomic E-state index is 12.1. The number of hydrogen-bond acceptors (Lipinski definition) is 3. The van der Waals surface area contributed by atoms with E-state index in [0.29, 0.717) is 19.4 Å². The standard InChI is InChI=1S/C21H39NO3.K/c1-2-3-4-5-6-7-8-9-10-11-12-13-14-17-20(23)22-18-15-16-19(22)21(24)25;/h19H,2-18H2,1H3,(H,24,25);/q;+1/p-1/t19-;/m0./s1. The molecule has 0 aromatic carbocycles. The van der Waals surface area contributed by atoms with Gasteiger partial charge in [0.2, 0.25) is 5.91 Å². The van der Waals surface area contributed by atoms with Crippen LogP contribution in [0.3, 0.4) is 0 Å². The summed E-state index contributed by atoms with van der Waals surface area (Å²) in [5.74, 6) is -1.11. The predicted molar refractivity (Wildman–Crippen MR) is 100 cm³/mol. The number of carbonyl (C=O) groups is 2. The van der Waals surface area contributed by atoms with Gasteiger partial charge in [-0.15, -0.1) is 0 Å². The minimum Gasteiger partial charge on any atom is -0.548 e. The first-order chi connectivity index (χ1) is 12.2. The molecule has 146 valence electrons. The molecule has 0 radical (unpaired) electrons. The second-order valence-electron chi connectivity index (χ2n) is 7.56. The molecule has 1 heterocycles. The normalized spacial score (nSPS) is 16.5. The average molecular weight is 392 g/mol. The number of unbranched alkanes of at least 4 members (excludes halogenated alkanes) is 12. The molecule has 4 nitrogen and oxygen atoms in total. The van der Waals surface area contributed by atoms with Crippen LogP contribution in [0.15, 0.2) is 0 Å². The van der Waals surface area contributed by atoms with E-state index in [4.69, 9.17) is 0 Å². The van der Waals surface area contributed by atoms with Crippen LogP contribution in [0.25, 0.3) is 0 Å². The third-order valence-electron chi connectivity index (χ3n) is 5.34. The molecule has 1 rings (SSSR count). The number of carboxylic acids is 1. The Morgan fingerprint density at radius 3 is 1.77 bits per heavy atom. The summed E-state index contributed by atoms with van der Waals surface area (Å²) in [6.07, 6.45) is 18.5. The van der Waals surface area contributed by atoms with Crippen LogP contribution in [-0.4, -0.2) is 29.4 Å². The molecule has 1 fully saturated rings. The first-order valence-corrected chi connectivity index (χ1v) is 10.7. The maximum absolute atomic E-state index is 12.1. The maximum Gasteiger partial charge on any atom is 1.00 e. The van der Waals surface area contributed by atoms with Gasteiger partial charge in [-0.1, -0.05) is 84.0 Å². The van der Waals surface area contributed by atoms with Gasteiger partial charge < -0.3 is 14.8 Å². The van der Waals surface area contributed by atoms with Gasteiger partial charge in [0.25, 0.3) is 0 Å². The smallest absolute Gasteiger partial charge is 0.548 e. The Labute approximate surface area is 203 Å². The van der Waals surface area contributed by atoms with Gasteiger partial charge in [-0.2, -0.15) is 0 Å². The molecule has 0 unspecified atom stereocenters. The van der Waals surface area contributed by atoms with Crippen molar-refractivity contribution >= 4 is 11.9 Å². The van der Waals surface area contributed by atoms with Crippen LogP contribution in [0.1, 0.15) is 110 Å². The first kappa shape index (κ1) is 26.6. The van der Waals surface area contributed by atoms with Gasteiger partial charge in [0, 0.05) is 13.0 Å². The molecule has 0 aliphatic carbocycles. The number of rotatable bonds is 15. The summed E-state index contributed by atoms with van der Waals surface area (Å²) in [6, 6.07) is -0.686. The molecule has 0 saturated carbocycles.